The Hall–Kier alpha value is -2.26. The molecule has 2 heterocycles. The molecule has 1 N–H and O–H groups in total. The number of hydrogen-bond donors (Lipinski definition) is 1. The minimum atomic E-state index is -4.68. The molecule has 0 aliphatic heterocycles. The smallest absolute Gasteiger partial charge is 0.383 e. The molecule has 9 heteroatoms. The molecule has 3 aromatic rings. The fourth-order valence-corrected chi connectivity index (χ4v) is 2.74. The second-order valence-electron chi connectivity index (χ2n) is 4.73. The van der Waals surface area contributed by atoms with Gasteiger partial charge in [0.25, 0.3) is 0 Å². The van der Waals surface area contributed by atoms with Crippen molar-refractivity contribution in [3.63, 3.8) is 0 Å². The molecule has 2 aromatic heterocycles. The summed E-state index contributed by atoms with van der Waals surface area (Å²) in [5.41, 5.74) is 0.956. The molecule has 0 aliphatic carbocycles. The standard InChI is InChI=1S/C14H10F3N3O2S/c1-7-18-6-10(23-7)11(21)8-2-4-9(5-3-8)12-19-13(22-20-12)14(15,16)17/h2-6,11,21H,1H3. The number of benzene rings is 1. The Labute approximate surface area is 132 Å². The largest absolute Gasteiger partial charge is 0.471 e. The molecule has 0 saturated heterocycles. The van der Waals surface area contributed by atoms with Gasteiger partial charge in [0, 0.05) is 11.8 Å². The summed E-state index contributed by atoms with van der Waals surface area (Å²) in [5, 5.41) is 14.4. The summed E-state index contributed by atoms with van der Waals surface area (Å²) < 4.78 is 41.5. The lowest BCUT2D eigenvalue weighted by Crippen LogP contribution is -2.04. The molecule has 0 saturated carbocycles. The second-order valence-corrected chi connectivity index (χ2v) is 5.99. The zero-order chi connectivity index (χ0) is 16.6. The van der Waals surface area contributed by atoms with Gasteiger partial charge in [-0.15, -0.1) is 11.3 Å². The van der Waals surface area contributed by atoms with Crippen LogP contribution in [0, 0.1) is 6.92 Å². The number of nitrogens with zero attached hydrogens (tertiary/aromatic N) is 3. The maximum Gasteiger partial charge on any atom is 0.471 e. The average molecular weight is 341 g/mol. The predicted molar refractivity (Wildman–Crippen MR) is 75.6 cm³/mol. The fourth-order valence-electron chi connectivity index (χ4n) is 1.94. The van der Waals surface area contributed by atoms with Gasteiger partial charge in [0.1, 0.15) is 6.10 Å². The molecule has 1 aromatic carbocycles. The molecule has 1 atom stereocenters. The van der Waals surface area contributed by atoms with E-state index < -0.39 is 18.2 Å². The Kier molecular flexibility index (Phi) is 3.90. The molecule has 0 spiro atoms. The van der Waals surface area contributed by atoms with E-state index in [-0.39, 0.29) is 5.82 Å². The van der Waals surface area contributed by atoms with Crippen LogP contribution in [-0.2, 0) is 6.18 Å². The first-order chi connectivity index (χ1) is 10.8. The maximum absolute atomic E-state index is 12.4. The van der Waals surface area contributed by atoms with E-state index in [1.54, 1.807) is 18.3 Å². The lowest BCUT2D eigenvalue weighted by Gasteiger charge is -2.08. The van der Waals surface area contributed by atoms with Gasteiger partial charge < -0.3 is 9.63 Å². The topological polar surface area (TPSA) is 72.0 Å². The summed E-state index contributed by atoms with van der Waals surface area (Å²) in [5.74, 6) is -1.55. The summed E-state index contributed by atoms with van der Waals surface area (Å²) >= 11 is 1.37. The SMILES string of the molecule is Cc1ncc(C(O)c2ccc(-c3noc(C(F)(F)F)n3)cc2)s1. The lowest BCUT2D eigenvalue weighted by molar-refractivity contribution is -0.159. The molecule has 0 aliphatic rings. The van der Waals surface area contributed by atoms with Gasteiger partial charge >= 0.3 is 12.1 Å². The van der Waals surface area contributed by atoms with Crippen molar-refractivity contribution < 1.29 is 22.8 Å². The Bertz CT molecular complexity index is 811. The van der Waals surface area contributed by atoms with Crippen LogP contribution in [0.2, 0.25) is 0 Å². The van der Waals surface area contributed by atoms with Gasteiger partial charge in [-0.1, -0.05) is 29.4 Å². The Morgan fingerprint density at radius 2 is 1.91 bits per heavy atom. The molecule has 23 heavy (non-hydrogen) atoms. The average Bonchev–Trinajstić information content (AvgIpc) is 3.15. The monoisotopic (exact) mass is 341 g/mol. The number of thiazole rings is 1. The van der Waals surface area contributed by atoms with Crippen molar-refractivity contribution in [3.05, 3.63) is 51.8 Å². The van der Waals surface area contributed by atoms with E-state index in [0.29, 0.717) is 16.0 Å². The number of aryl methyl sites for hydroxylation is 1. The van der Waals surface area contributed by atoms with Crippen molar-refractivity contribution in [2.24, 2.45) is 0 Å². The van der Waals surface area contributed by atoms with Crippen LogP contribution in [0.15, 0.2) is 35.0 Å². The molecule has 5 nitrogen and oxygen atoms in total. The Morgan fingerprint density at radius 3 is 2.43 bits per heavy atom. The van der Waals surface area contributed by atoms with Crippen molar-refractivity contribution in [2.45, 2.75) is 19.2 Å². The van der Waals surface area contributed by atoms with Crippen molar-refractivity contribution in [2.75, 3.05) is 0 Å². The number of aliphatic hydroxyl groups is 1. The van der Waals surface area contributed by atoms with Crippen LogP contribution in [0.3, 0.4) is 0 Å². The van der Waals surface area contributed by atoms with Gasteiger partial charge in [-0.25, -0.2) is 4.98 Å². The zero-order valence-electron chi connectivity index (χ0n) is 11.7. The normalized spacial score (nSPS) is 13.3. The van der Waals surface area contributed by atoms with Crippen LogP contribution in [0.4, 0.5) is 13.2 Å². The van der Waals surface area contributed by atoms with Gasteiger partial charge in [-0.3, -0.25) is 0 Å². The Morgan fingerprint density at radius 1 is 1.22 bits per heavy atom. The summed E-state index contributed by atoms with van der Waals surface area (Å²) in [6, 6.07) is 6.24. The predicted octanol–water partition coefficient (Wildman–Crippen LogP) is 3.60. The third-order valence-corrected chi connectivity index (χ3v) is 4.03. The van der Waals surface area contributed by atoms with E-state index in [1.807, 2.05) is 6.92 Å². The fraction of sp³-hybridized carbons (Fsp3) is 0.214. The highest BCUT2D eigenvalue weighted by Crippen LogP contribution is 2.31. The molecular weight excluding hydrogens is 331 g/mol. The van der Waals surface area contributed by atoms with Crippen LogP contribution in [0.5, 0.6) is 0 Å². The first-order valence-corrected chi connectivity index (χ1v) is 7.28. The summed E-state index contributed by atoms with van der Waals surface area (Å²) in [6.07, 6.45) is -3.93. The molecule has 120 valence electrons. The maximum atomic E-state index is 12.4. The minimum Gasteiger partial charge on any atom is -0.383 e. The number of halogens is 3. The van der Waals surface area contributed by atoms with Gasteiger partial charge in [-0.2, -0.15) is 18.2 Å². The third kappa shape index (κ3) is 3.25. The van der Waals surface area contributed by atoms with Gasteiger partial charge in [-0.05, 0) is 12.5 Å². The van der Waals surface area contributed by atoms with Gasteiger partial charge in [0.05, 0.1) is 9.88 Å². The minimum absolute atomic E-state index is 0.160. The van der Waals surface area contributed by atoms with Gasteiger partial charge in [0.2, 0.25) is 5.82 Å². The molecule has 0 radical (unpaired) electrons. The molecule has 1 unspecified atom stereocenters. The van der Waals surface area contributed by atoms with Crippen LogP contribution in [0.25, 0.3) is 11.4 Å². The first kappa shape index (κ1) is 15.6. The van der Waals surface area contributed by atoms with Crippen LogP contribution in [0.1, 0.15) is 27.4 Å². The molecule has 3 rings (SSSR count). The number of aromatic nitrogens is 3. The van der Waals surface area contributed by atoms with E-state index in [1.165, 1.54) is 23.5 Å². The highest BCUT2D eigenvalue weighted by atomic mass is 32.1. The number of hydrogen-bond acceptors (Lipinski definition) is 6. The quantitative estimate of drug-likeness (QED) is 0.788. The first-order valence-electron chi connectivity index (χ1n) is 6.46. The van der Waals surface area contributed by atoms with E-state index >= 15 is 0 Å². The molecule has 0 fully saturated rings. The number of alkyl halides is 3. The van der Waals surface area contributed by atoms with Crippen LogP contribution >= 0.6 is 11.3 Å². The van der Waals surface area contributed by atoms with Crippen molar-refractivity contribution >= 4 is 11.3 Å². The summed E-state index contributed by atoms with van der Waals surface area (Å²) in [7, 11) is 0. The third-order valence-electron chi connectivity index (χ3n) is 3.06. The van der Waals surface area contributed by atoms with E-state index in [2.05, 4.69) is 19.6 Å². The second kappa shape index (κ2) is 5.74. The molecular formula is C14H10F3N3O2S. The Balaban J connectivity index is 1.83. The zero-order valence-corrected chi connectivity index (χ0v) is 12.5. The highest BCUT2D eigenvalue weighted by molar-refractivity contribution is 7.11. The molecule has 0 amide bonds. The van der Waals surface area contributed by atoms with Crippen molar-refractivity contribution in [1.82, 2.24) is 15.1 Å². The lowest BCUT2D eigenvalue weighted by atomic mass is 10.1. The summed E-state index contributed by atoms with van der Waals surface area (Å²) in [4.78, 5) is 8.08. The molecule has 0 bridgehead atoms. The van der Waals surface area contributed by atoms with Crippen LogP contribution in [-0.4, -0.2) is 20.2 Å². The van der Waals surface area contributed by atoms with Crippen LogP contribution < -0.4 is 0 Å². The van der Waals surface area contributed by atoms with Gasteiger partial charge in [0.15, 0.2) is 0 Å². The number of rotatable bonds is 3. The highest BCUT2D eigenvalue weighted by Gasteiger charge is 2.38. The van der Waals surface area contributed by atoms with Crippen molar-refractivity contribution in [1.29, 1.82) is 0 Å². The number of aliphatic hydroxyl groups excluding tert-OH is 1. The van der Waals surface area contributed by atoms with E-state index in [9.17, 15) is 18.3 Å². The van der Waals surface area contributed by atoms with E-state index in [0.717, 1.165) is 5.01 Å². The van der Waals surface area contributed by atoms with Crippen molar-refractivity contribution in [3.8, 4) is 11.4 Å². The van der Waals surface area contributed by atoms with E-state index in [4.69, 9.17) is 0 Å². The summed E-state index contributed by atoms with van der Waals surface area (Å²) in [6.45, 7) is 1.83.